The zero-order valence-corrected chi connectivity index (χ0v) is 22.1. The van der Waals surface area contributed by atoms with E-state index in [9.17, 15) is 9.00 Å². The lowest BCUT2D eigenvalue weighted by atomic mass is 9.93. The van der Waals surface area contributed by atoms with Crippen LogP contribution in [0.2, 0.25) is 0 Å². The van der Waals surface area contributed by atoms with E-state index in [2.05, 4.69) is 28.1 Å². The first-order chi connectivity index (χ1) is 17.4. The van der Waals surface area contributed by atoms with Gasteiger partial charge in [-0.25, -0.2) is 4.98 Å². The van der Waals surface area contributed by atoms with Crippen molar-refractivity contribution in [1.82, 2.24) is 4.98 Å². The average Bonchev–Trinajstić information content (AvgIpc) is 3.81. The number of rotatable bonds is 6. The van der Waals surface area contributed by atoms with Crippen molar-refractivity contribution in [2.75, 3.05) is 47.9 Å². The van der Waals surface area contributed by atoms with E-state index in [-0.39, 0.29) is 17.3 Å². The molecule has 7 nitrogen and oxygen atoms in total. The Kier molecular flexibility index (Phi) is 6.28. The molecule has 0 radical (unpaired) electrons. The average molecular weight is 509 g/mol. The lowest BCUT2D eigenvalue weighted by molar-refractivity contribution is 0.0529. The van der Waals surface area contributed by atoms with Crippen molar-refractivity contribution in [2.24, 2.45) is 5.41 Å². The van der Waals surface area contributed by atoms with Gasteiger partial charge in [-0.2, -0.15) is 0 Å². The van der Waals surface area contributed by atoms with Crippen molar-refractivity contribution >= 4 is 34.0 Å². The normalized spacial score (nSPS) is 24.0. The molecule has 2 saturated carbocycles. The van der Waals surface area contributed by atoms with E-state index in [0.29, 0.717) is 23.4 Å². The first kappa shape index (κ1) is 23.9. The molecule has 192 valence electrons. The monoisotopic (exact) mass is 508 g/mol. The summed E-state index contributed by atoms with van der Waals surface area (Å²) in [6.07, 6.45) is 7.22. The van der Waals surface area contributed by atoms with Crippen LogP contribution < -0.4 is 15.1 Å². The Morgan fingerprint density at radius 2 is 1.86 bits per heavy atom. The number of pyridine rings is 1. The van der Waals surface area contributed by atoms with Gasteiger partial charge in [-0.1, -0.05) is 0 Å². The smallest absolute Gasteiger partial charge is 0.258 e. The third-order valence-corrected chi connectivity index (χ3v) is 9.95. The number of aromatic nitrogens is 1. The molecule has 2 saturated heterocycles. The molecule has 4 aliphatic rings. The van der Waals surface area contributed by atoms with Gasteiger partial charge in [0, 0.05) is 36.3 Å². The largest absolute Gasteiger partial charge is 0.375 e. The molecule has 1 N–H and O–H groups in total. The summed E-state index contributed by atoms with van der Waals surface area (Å²) in [6.45, 7) is 8.23. The highest BCUT2D eigenvalue weighted by Gasteiger charge is 2.44. The standard InChI is InChI=1S/C28H36N4O3S/c1-19-15-25(29-26(16-19)32-13-14-35-20(2)18-32)30-27(33)23-6-5-22(36(34)21-3-4-21)17-24(23)31-11-9-28(7-8-28)10-12-31/h5-6,15-17,20-21H,3-4,7-14,18H2,1-2H3,(H,29,30,33)/t20-,36?/m1/s1. The van der Waals surface area contributed by atoms with Gasteiger partial charge in [0.05, 0.1) is 34.8 Å². The molecule has 1 aromatic heterocycles. The van der Waals surface area contributed by atoms with E-state index in [1.807, 2.05) is 31.2 Å². The lowest BCUT2D eigenvalue weighted by Gasteiger charge is -2.35. The third kappa shape index (κ3) is 5.02. The summed E-state index contributed by atoms with van der Waals surface area (Å²) in [7, 11) is -1.000. The number of hydrogen-bond acceptors (Lipinski definition) is 6. The van der Waals surface area contributed by atoms with Crippen molar-refractivity contribution in [1.29, 1.82) is 0 Å². The number of piperidine rings is 1. The summed E-state index contributed by atoms with van der Waals surface area (Å²) in [5, 5.41) is 3.34. The van der Waals surface area contributed by atoms with Crippen LogP contribution in [0.3, 0.4) is 0 Å². The van der Waals surface area contributed by atoms with Crippen molar-refractivity contribution in [2.45, 2.75) is 68.6 Å². The first-order valence-corrected chi connectivity index (χ1v) is 14.6. The second-order valence-corrected chi connectivity index (χ2v) is 12.9. The predicted octanol–water partition coefficient (Wildman–Crippen LogP) is 4.52. The van der Waals surface area contributed by atoms with Crippen LogP contribution in [-0.2, 0) is 15.5 Å². The molecular weight excluding hydrogens is 472 g/mol. The van der Waals surface area contributed by atoms with E-state index < -0.39 is 10.8 Å². The maximum absolute atomic E-state index is 13.6. The van der Waals surface area contributed by atoms with Crippen LogP contribution in [-0.4, -0.2) is 59.2 Å². The molecule has 1 aromatic carbocycles. The molecule has 36 heavy (non-hydrogen) atoms. The van der Waals surface area contributed by atoms with Crippen LogP contribution in [0.5, 0.6) is 0 Å². The quantitative estimate of drug-likeness (QED) is 0.619. The number of nitrogens with zero attached hydrogens (tertiary/aromatic N) is 3. The zero-order valence-electron chi connectivity index (χ0n) is 21.3. The van der Waals surface area contributed by atoms with Gasteiger partial charge in [-0.15, -0.1) is 0 Å². The Bertz CT molecular complexity index is 1180. The summed E-state index contributed by atoms with van der Waals surface area (Å²) in [4.78, 5) is 23.8. The number of amides is 1. The summed E-state index contributed by atoms with van der Waals surface area (Å²) >= 11 is 0. The van der Waals surface area contributed by atoms with Gasteiger partial charge in [0.15, 0.2) is 0 Å². The van der Waals surface area contributed by atoms with E-state index in [4.69, 9.17) is 9.72 Å². The molecule has 0 bridgehead atoms. The molecule has 8 heteroatoms. The van der Waals surface area contributed by atoms with E-state index >= 15 is 0 Å². The Balaban J connectivity index is 1.26. The van der Waals surface area contributed by atoms with Gasteiger partial charge in [0.2, 0.25) is 0 Å². The number of hydrogen-bond donors (Lipinski definition) is 1. The number of ether oxygens (including phenoxy) is 1. The molecule has 2 aliphatic carbocycles. The SMILES string of the molecule is Cc1cc(NC(=O)c2ccc(S(=O)C3CC3)cc2N2CCC3(CC2)CC3)nc(N2CCO[C@H](C)C2)c1. The maximum Gasteiger partial charge on any atom is 0.258 e. The maximum atomic E-state index is 13.6. The number of anilines is 3. The van der Waals surface area contributed by atoms with Gasteiger partial charge >= 0.3 is 0 Å². The molecule has 1 spiro atoms. The number of carbonyl (C=O) groups is 1. The molecule has 1 unspecified atom stereocenters. The number of morpholine rings is 1. The topological polar surface area (TPSA) is 74.8 Å². The fourth-order valence-corrected chi connectivity index (χ4v) is 6.93. The Morgan fingerprint density at radius 3 is 2.56 bits per heavy atom. The number of carbonyl (C=O) groups excluding carboxylic acids is 1. The third-order valence-electron chi connectivity index (χ3n) is 8.16. The molecule has 2 aliphatic heterocycles. The summed E-state index contributed by atoms with van der Waals surface area (Å²) in [6, 6.07) is 9.73. The molecule has 2 atom stereocenters. The van der Waals surface area contributed by atoms with Crippen molar-refractivity contribution in [3.63, 3.8) is 0 Å². The molecule has 4 fully saturated rings. The van der Waals surface area contributed by atoms with Gasteiger partial charge in [0.25, 0.3) is 5.91 Å². The Morgan fingerprint density at radius 1 is 1.08 bits per heavy atom. The van der Waals surface area contributed by atoms with E-state index in [1.165, 1.54) is 25.7 Å². The van der Waals surface area contributed by atoms with E-state index in [1.54, 1.807) is 0 Å². The number of benzene rings is 1. The minimum absolute atomic E-state index is 0.153. The highest BCUT2D eigenvalue weighted by atomic mass is 32.2. The first-order valence-electron chi connectivity index (χ1n) is 13.4. The second kappa shape index (κ2) is 9.45. The highest BCUT2D eigenvalue weighted by Crippen LogP contribution is 2.54. The summed E-state index contributed by atoms with van der Waals surface area (Å²) < 4.78 is 18.6. The van der Waals surface area contributed by atoms with Gasteiger partial charge in [0.1, 0.15) is 11.6 Å². The fourth-order valence-electron chi connectivity index (χ4n) is 5.55. The number of aryl methyl sites for hydroxylation is 1. The minimum Gasteiger partial charge on any atom is -0.375 e. The van der Waals surface area contributed by atoms with Gasteiger partial charge in [-0.05, 0) is 93.7 Å². The zero-order chi connectivity index (χ0) is 24.9. The fraction of sp³-hybridized carbons (Fsp3) is 0.571. The summed E-state index contributed by atoms with van der Waals surface area (Å²) in [5.41, 5.74) is 3.13. The van der Waals surface area contributed by atoms with Gasteiger partial charge in [-0.3, -0.25) is 9.00 Å². The molecule has 1 amide bonds. The van der Waals surface area contributed by atoms with Crippen molar-refractivity contribution in [3.8, 4) is 0 Å². The summed E-state index contributed by atoms with van der Waals surface area (Å²) in [5.74, 6) is 1.25. The van der Waals surface area contributed by atoms with Crippen LogP contribution >= 0.6 is 0 Å². The van der Waals surface area contributed by atoms with Crippen LogP contribution in [0.15, 0.2) is 35.2 Å². The van der Waals surface area contributed by atoms with Crippen molar-refractivity contribution < 1.29 is 13.7 Å². The minimum atomic E-state index is -1.000. The van der Waals surface area contributed by atoms with Crippen LogP contribution in [0.25, 0.3) is 0 Å². The van der Waals surface area contributed by atoms with Crippen LogP contribution in [0, 0.1) is 12.3 Å². The molecule has 2 aromatic rings. The van der Waals surface area contributed by atoms with Crippen LogP contribution in [0.4, 0.5) is 17.3 Å². The van der Waals surface area contributed by atoms with Crippen LogP contribution in [0.1, 0.15) is 61.4 Å². The Hall–Kier alpha value is -2.45. The molecular formula is C28H36N4O3S. The lowest BCUT2D eigenvalue weighted by Crippen LogP contribution is -2.41. The van der Waals surface area contributed by atoms with E-state index in [0.717, 1.165) is 61.0 Å². The predicted molar refractivity (Wildman–Crippen MR) is 144 cm³/mol. The number of nitrogens with one attached hydrogen (secondary N) is 1. The molecule has 3 heterocycles. The highest BCUT2D eigenvalue weighted by molar-refractivity contribution is 7.86. The molecule has 6 rings (SSSR count). The second-order valence-electron chi connectivity index (χ2n) is 11.1. The van der Waals surface area contributed by atoms with Gasteiger partial charge < -0.3 is 19.9 Å². The van der Waals surface area contributed by atoms with Crippen molar-refractivity contribution in [3.05, 3.63) is 41.5 Å². The Labute approximate surface area is 216 Å².